The average molecular weight is 397 g/mol. The molecule has 0 amide bonds. The van der Waals surface area contributed by atoms with E-state index in [0.717, 1.165) is 50.8 Å². The normalized spacial score (nSPS) is 13.5. The highest BCUT2D eigenvalue weighted by atomic mass is 16.1. The highest BCUT2D eigenvalue weighted by Crippen LogP contribution is 2.39. The maximum atomic E-state index is 13.5. The van der Waals surface area contributed by atoms with E-state index in [2.05, 4.69) is 66.7 Å². The number of hydrogen-bond donors (Lipinski definition) is 0. The summed E-state index contributed by atoms with van der Waals surface area (Å²) in [6, 6.07) is 27.4. The van der Waals surface area contributed by atoms with Crippen molar-refractivity contribution >= 4 is 44.0 Å². The van der Waals surface area contributed by atoms with Gasteiger partial charge in [-0.1, -0.05) is 66.7 Å². The molecule has 2 heterocycles. The molecule has 0 atom stereocenters. The van der Waals surface area contributed by atoms with Gasteiger partial charge in [-0.05, 0) is 64.7 Å². The molecule has 6 aromatic rings. The fourth-order valence-corrected chi connectivity index (χ4v) is 5.41. The Kier molecular flexibility index (Phi) is 3.29. The molecule has 0 saturated heterocycles. The minimum atomic E-state index is 0.0575. The van der Waals surface area contributed by atoms with Crippen molar-refractivity contribution in [2.75, 3.05) is 0 Å². The SMILES string of the molecule is O=c1c2ccccc2c2cc(-c3cccc4c3C=CCC4)cc3c4ccccc4n1c23. The first kappa shape index (κ1) is 16.8. The van der Waals surface area contributed by atoms with Gasteiger partial charge in [0.2, 0.25) is 0 Å². The van der Waals surface area contributed by atoms with Crippen LogP contribution in [0, 0.1) is 0 Å². The van der Waals surface area contributed by atoms with Crippen LogP contribution in [-0.4, -0.2) is 4.40 Å². The number of nitrogens with zero attached hydrogens (tertiary/aromatic N) is 1. The summed E-state index contributed by atoms with van der Waals surface area (Å²) in [6.07, 6.45) is 6.73. The number of fused-ring (bicyclic) bond motifs is 6. The largest absolute Gasteiger partial charge is 0.275 e. The number of rotatable bonds is 1. The third-order valence-electron chi connectivity index (χ3n) is 6.79. The number of aromatic nitrogens is 1. The Balaban J connectivity index is 1.73. The van der Waals surface area contributed by atoms with Crippen LogP contribution in [0.1, 0.15) is 17.5 Å². The molecule has 0 bridgehead atoms. The lowest BCUT2D eigenvalue weighted by Gasteiger charge is -2.16. The van der Waals surface area contributed by atoms with Crippen LogP contribution in [-0.2, 0) is 6.42 Å². The van der Waals surface area contributed by atoms with Gasteiger partial charge in [0, 0.05) is 21.5 Å². The van der Waals surface area contributed by atoms with E-state index in [1.165, 1.54) is 22.3 Å². The smallest absolute Gasteiger partial charge is 0.263 e. The van der Waals surface area contributed by atoms with Crippen LogP contribution in [0.2, 0.25) is 0 Å². The van der Waals surface area contributed by atoms with Gasteiger partial charge in [0.05, 0.1) is 11.0 Å². The molecular formula is C29H19NO. The third-order valence-corrected chi connectivity index (χ3v) is 6.79. The molecular weight excluding hydrogens is 378 g/mol. The van der Waals surface area contributed by atoms with Crippen molar-refractivity contribution in [2.45, 2.75) is 12.8 Å². The second-order valence-corrected chi connectivity index (χ2v) is 8.44. The topological polar surface area (TPSA) is 21.5 Å². The molecule has 7 rings (SSSR count). The van der Waals surface area contributed by atoms with Gasteiger partial charge in [-0.2, -0.15) is 0 Å². The summed E-state index contributed by atoms with van der Waals surface area (Å²) in [7, 11) is 0. The fourth-order valence-electron chi connectivity index (χ4n) is 5.41. The van der Waals surface area contributed by atoms with Crippen LogP contribution >= 0.6 is 0 Å². The van der Waals surface area contributed by atoms with Crippen molar-refractivity contribution in [1.82, 2.24) is 4.40 Å². The zero-order valence-electron chi connectivity index (χ0n) is 16.9. The summed E-state index contributed by atoms with van der Waals surface area (Å²) in [5, 5.41) is 5.20. The molecule has 0 N–H and O–H groups in total. The molecule has 2 aromatic heterocycles. The molecule has 31 heavy (non-hydrogen) atoms. The van der Waals surface area contributed by atoms with Crippen LogP contribution in [0.3, 0.4) is 0 Å². The standard InChI is InChI=1S/C29H19NO/c31-29-24-13-4-3-11-22(24)25-16-19(21-14-7-9-18-8-1-2-10-20(18)21)17-26-23-12-5-6-15-27(23)30(29)28(25)26/h2-7,9-17H,1,8H2. The maximum Gasteiger partial charge on any atom is 0.263 e. The summed E-state index contributed by atoms with van der Waals surface area (Å²) in [5.41, 5.74) is 7.26. The van der Waals surface area contributed by atoms with Gasteiger partial charge in [0.1, 0.15) is 0 Å². The zero-order valence-corrected chi connectivity index (χ0v) is 16.9. The number of hydrogen-bond acceptors (Lipinski definition) is 1. The Morgan fingerprint density at radius 3 is 2.32 bits per heavy atom. The Hall–Kier alpha value is -3.91. The Morgan fingerprint density at radius 1 is 0.710 bits per heavy atom. The van der Waals surface area contributed by atoms with E-state index < -0.39 is 0 Å². The molecule has 2 nitrogen and oxygen atoms in total. The zero-order chi connectivity index (χ0) is 20.5. The molecule has 4 aromatic carbocycles. The molecule has 0 unspecified atom stereocenters. The molecule has 0 aliphatic heterocycles. The van der Waals surface area contributed by atoms with Crippen molar-refractivity contribution in [2.24, 2.45) is 0 Å². The quantitative estimate of drug-likeness (QED) is 0.279. The van der Waals surface area contributed by atoms with Crippen LogP contribution < -0.4 is 5.56 Å². The van der Waals surface area contributed by atoms with E-state index in [9.17, 15) is 4.79 Å². The monoisotopic (exact) mass is 397 g/mol. The van der Waals surface area contributed by atoms with Gasteiger partial charge in [-0.25, -0.2) is 0 Å². The summed E-state index contributed by atoms with van der Waals surface area (Å²) in [5.74, 6) is 0. The number of aryl methyl sites for hydroxylation is 1. The summed E-state index contributed by atoms with van der Waals surface area (Å²) in [4.78, 5) is 13.5. The van der Waals surface area contributed by atoms with E-state index in [1.54, 1.807) is 0 Å². The number of pyridine rings is 1. The molecule has 0 saturated carbocycles. The van der Waals surface area contributed by atoms with Crippen molar-refractivity contribution in [1.29, 1.82) is 0 Å². The van der Waals surface area contributed by atoms with Gasteiger partial charge in [-0.15, -0.1) is 0 Å². The first-order valence-corrected chi connectivity index (χ1v) is 10.8. The van der Waals surface area contributed by atoms with Gasteiger partial charge in [0.25, 0.3) is 5.56 Å². The van der Waals surface area contributed by atoms with Crippen molar-refractivity contribution < 1.29 is 0 Å². The minimum Gasteiger partial charge on any atom is -0.275 e. The highest BCUT2D eigenvalue weighted by molar-refractivity contribution is 6.21. The molecule has 0 radical (unpaired) electrons. The van der Waals surface area contributed by atoms with E-state index >= 15 is 0 Å². The highest BCUT2D eigenvalue weighted by Gasteiger charge is 2.19. The summed E-state index contributed by atoms with van der Waals surface area (Å²) >= 11 is 0. The van der Waals surface area contributed by atoms with Gasteiger partial charge in [0.15, 0.2) is 0 Å². The van der Waals surface area contributed by atoms with Crippen molar-refractivity contribution in [3.63, 3.8) is 0 Å². The lowest BCUT2D eigenvalue weighted by Crippen LogP contribution is -2.12. The molecule has 2 heteroatoms. The van der Waals surface area contributed by atoms with Gasteiger partial charge < -0.3 is 0 Å². The van der Waals surface area contributed by atoms with Crippen LogP contribution in [0.25, 0.3) is 55.2 Å². The predicted octanol–water partition coefficient (Wildman–Crippen LogP) is 6.82. The minimum absolute atomic E-state index is 0.0575. The second kappa shape index (κ2) is 6.05. The van der Waals surface area contributed by atoms with Crippen molar-refractivity contribution in [3.05, 3.63) is 106 Å². The van der Waals surface area contributed by atoms with E-state index in [1.807, 2.05) is 28.7 Å². The second-order valence-electron chi connectivity index (χ2n) is 8.44. The van der Waals surface area contributed by atoms with Crippen LogP contribution in [0.15, 0.2) is 89.7 Å². The van der Waals surface area contributed by atoms with E-state index in [4.69, 9.17) is 0 Å². The van der Waals surface area contributed by atoms with Gasteiger partial charge >= 0.3 is 0 Å². The Bertz CT molecular complexity index is 1750. The van der Waals surface area contributed by atoms with Crippen LogP contribution in [0.4, 0.5) is 0 Å². The van der Waals surface area contributed by atoms with E-state index in [-0.39, 0.29) is 5.56 Å². The van der Waals surface area contributed by atoms with Crippen molar-refractivity contribution in [3.8, 4) is 11.1 Å². The molecule has 0 fully saturated rings. The Labute approximate surface area is 179 Å². The number of para-hydroxylation sites is 1. The fraction of sp³-hybridized carbons (Fsp3) is 0.0690. The lowest BCUT2D eigenvalue weighted by atomic mass is 9.88. The van der Waals surface area contributed by atoms with E-state index in [0.29, 0.717) is 0 Å². The predicted molar refractivity (Wildman–Crippen MR) is 130 cm³/mol. The van der Waals surface area contributed by atoms with Gasteiger partial charge in [-0.3, -0.25) is 9.20 Å². The Morgan fingerprint density at radius 2 is 1.45 bits per heavy atom. The number of allylic oxidation sites excluding steroid dienone is 1. The number of benzene rings is 4. The summed E-state index contributed by atoms with van der Waals surface area (Å²) < 4.78 is 1.91. The summed E-state index contributed by atoms with van der Waals surface area (Å²) in [6.45, 7) is 0. The first-order valence-electron chi connectivity index (χ1n) is 10.8. The third kappa shape index (κ3) is 2.19. The maximum absolute atomic E-state index is 13.5. The average Bonchev–Trinajstić information content (AvgIpc) is 3.17. The lowest BCUT2D eigenvalue weighted by molar-refractivity contribution is 0.986. The first-order chi connectivity index (χ1) is 15.3. The van der Waals surface area contributed by atoms with Crippen LogP contribution in [0.5, 0.6) is 0 Å². The molecule has 0 spiro atoms. The molecule has 1 aliphatic carbocycles. The molecule has 1 aliphatic rings. The molecule has 146 valence electrons.